The van der Waals surface area contributed by atoms with Crippen molar-refractivity contribution in [3.63, 3.8) is 0 Å². The number of nitrogens with one attached hydrogen (secondary N) is 1. The van der Waals surface area contributed by atoms with Gasteiger partial charge in [0.2, 0.25) is 0 Å². The fourth-order valence-corrected chi connectivity index (χ4v) is 2.83. The van der Waals surface area contributed by atoms with Crippen LogP contribution in [-0.4, -0.2) is 6.04 Å². The number of nitrogens with zero attached hydrogens (tertiary/aromatic N) is 1. The van der Waals surface area contributed by atoms with Gasteiger partial charge in [0.05, 0.1) is 11.6 Å². The van der Waals surface area contributed by atoms with Crippen LogP contribution in [0.25, 0.3) is 0 Å². The molecule has 0 saturated heterocycles. The number of benzene rings is 1. The first-order chi connectivity index (χ1) is 9.01. The first-order valence-electron chi connectivity index (χ1n) is 6.98. The van der Waals surface area contributed by atoms with Gasteiger partial charge < -0.3 is 5.32 Å². The van der Waals surface area contributed by atoms with Crippen LogP contribution in [0.3, 0.4) is 0 Å². The van der Waals surface area contributed by atoms with Gasteiger partial charge in [0, 0.05) is 17.3 Å². The van der Waals surface area contributed by atoms with Gasteiger partial charge in [0.25, 0.3) is 0 Å². The summed E-state index contributed by atoms with van der Waals surface area (Å²) in [5, 5.41) is 12.4. The molecule has 1 aliphatic rings. The molecule has 1 fully saturated rings. The van der Waals surface area contributed by atoms with E-state index in [2.05, 4.69) is 19.2 Å². The molecule has 1 saturated carbocycles. The molecule has 0 aliphatic heterocycles. The van der Waals surface area contributed by atoms with E-state index in [1.165, 1.54) is 18.9 Å². The second kappa shape index (κ2) is 5.61. The zero-order valence-electron chi connectivity index (χ0n) is 11.8. The third kappa shape index (κ3) is 3.07. The molecule has 0 bridgehead atoms. The predicted octanol–water partition coefficient (Wildman–Crippen LogP) is 4.24. The first kappa shape index (κ1) is 13.9. The van der Waals surface area contributed by atoms with Gasteiger partial charge in [-0.3, -0.25) is 0 Å². The summed E-state index contributed by atoms with van der Waals surface area (Å²) in [7, 11) is 0. The average molecular weight is 260 g/mol. The summed E-state index contributed by atoms with van der Waals surface area (Å²) in [5.41, 5.74) is 1.74. The van der Waals surface area contributed by atoms with Crippen LogP contribution in [0.1, 0.15) is 44.2 Å². The van der Waals surface area contributed by atoms with E-state index in [1.54, 1.807) is 13.0 Å². The Morgan fingerprint density at radius 3 is 2.74 bits per heavy atom. The lowest BCUT2D eigenvalue weighted by atomic mass is 9.80. The highest BCUT2D eigenvalue weighted by Crippen LogP contribution is 2.32. The Kier molecular flexibility index (Phi) is 4.09. The van der Waals surface area contributed by atoms with E-state index < -0.39 is 0 Å². The largest absolute Gasteiger partial charge is 0.382 e. The molecule has 1 aromatic rings. The van der Waals surface area contributed by atoms with E-state index in [0.717, 1.165) is 12.1 Å². The van der Waals surface area contributed by atoms with Gasteiger partial charge in [-0.15, -0.1) is 0 Å². The van der Waals surface area contributed by atoms with Gasteiger partial charge >= 0.3 is 0 Å². The summed E-state index contributed by atoms with van der Waals surface area (Å²) in [5.74, 6) is 0.987. The zero-order chi connectivity index (χ0) is 14.0. The van der Waals surface area contributed by atoms with E-state index in [0.29, 0.717) is 29.0 Å². The van der Waals surface area contributed by atoms with Crippen molar-refractivity contribution in [2.75, 3.05) is 5.32 Å². The predicted molar refractivity (Wildman–Crippen MR) is 75.4 cm³/mol. The van der Waals surface area contributed by atoms with Gasteiger partial charge in [-0.1, -0.05) is 20.3 Å². The molecule has 1 aliphatic carbocycles. The Morgan fingerprint density at radius 2 is 2.05 bits per heavy atom. The molecule has 0 heterocycles. The summed E-state index contributed by atoms with van der Waals surface area (Å²) >= 11 is 0. The van der Waals surface area contributed by atoms with Gasteiger partial charge in [-0.25, -0.2) is 4.39 Å². The number of anilines is 1. The topological polar surface area (TPSA) is 35.8 Å². The fourth-order valence-electron chi connectivity index (χ4n) is 2.83. The minimum atomic E-state index is -0.307. The summed E-state index contributed by atoms with van der Waals surface area (Å²) in [6.07, 6.45) is 3.59. The minimum absolute atomic E-state index is 0.307. The van der Waals surface area contributed by atoms with Crippen LogP contribution in [0, 0.1) is 35.9 Å². The highest BCUT2D eigenvalue weighted by Gasteiger charge is 2.26. The minimum Gasteiger partial charge on any atom is -0.382 e. The van der Waals surface area contributed by atoms with Crippen molar-refractivity contribution in [1.82, 2.24) is 0 Å². The van der Waals surface area contributed by atoms with E-state index in [9.17, 15) is 4.39 Å². The molecule has 1 aromatic carbocycles. The number of hydrogen-bond donors (Lipinski definition) is 1. The number of hydrogen-bond acceptors (Lipinski definition) is 2. The van der Waals surface area contributed by atoms with Crippen molar-refractivity contribution < 1.29 is 4.39 Å². The molecule has 1 N–H and O–H groups in total. The molecule has 3 unspecified atom stereocenters. The van der Waals surface area contributed by atoms with Crippen LogP contribution in [0.15, 0.2) is 12.1 Å². The van der Waals surface area contributed by atoms with E-state index in [4.69, 9.17) is 5.26 Å². The Balaban J connectivity index is 2.23. The lowest BCUT2D eigenvalue weighted by Crippen LogP contribution is -2.33. The van der Waals surface area contributed by atoms with Gasteiger partial charge in [-0.05, 0) is 43.7 Å². The third-order valence-corrected chi connectivity index (χ3v) is 4.27. The van der Waals surface area contributed by atoms with Crippen LogP contribution >= 0.6 is 0 Å². The van der Waals surface area contributed by atoms with E-state index in [1.807, 2.05) is 6.07 Å². The molecule has 19 heavy (non-hydrogen) atoms. The SMILES string of the molecule is Cc1c(F)cc(C#N)cc1NC1CC(C)CCC1C. The summed E-state index contributed by atoms with van der Waals surface area (Å²) < 4.78 is 13.8. The van der Waals surface area contributed by atoms with Gasteiger partial charge in [0.1, 0.15) is 5.82 Å². The quantitative estimate of drug-likeness (QED) is 0.863. The normalized spacial score (nSPS) is 26.8. The fraction of sp³-hybridized carbons (Fsp3) is 0.562. The second-order valence-electron chi connectivity index (χ2n) is 5.89. The summed E-state index contributed by atoms with van der Waals surface area (Å²) in [4.78, 5) is 0. The molecule has 3 heteroatoms. The molecule has 0 spiro atoms. The molecule has 2 rings (SSSR count). The molecule has 0 aromatic heterocycles. The smallest absolute Gasteiger partial charge is 0.129 e. The Labute approximate surface area is 114 Å². The molecule has 2 nitrogen and oxygen atoms in total. The molecule has 0 radical (unpaired) electrons. The van der Waals surface area contributed by atoms with E-state index in [-0.39, 0.29) is 5.82 Å². The van der Waals surface area contributed by atoms with Gasteiger partial charge in [0.15, 0.2) is 0 Å². The summed E-state index contributed by atoms with van der Waals surface area (Å²) in [6.45, 7) is 6.26. The standard InChI is InChI=1S/C16H21FN2/c1-10-4-5-11(2)15(6-10)19-16-8-13(9-18)7-14(17)12(16)3/h7-8,10-11,15,19H,4-6H2,1-3H3. The monoisotopic (exact) mass is 260 g/mol. The number of nitriles is 1. The van der Waals surface area contributed by atoms with Crippen molar-refractivity contribution in [2.24, 2.45) is 11.8 Å². The Bertz CT molecular complexity index is 504. The van der Waals surface area contributed by atoms with Crippen LogP contribution < -0.4 is 5.32 Å². The maximum Gasteiger partial charge on any atom is 0.129 e. The van der Waals surface area contributed by atoms with Crippen molar-refractivity contribution in [2.45, 2.75) is 46.1 Å². The molecule has 3 atom stereocenters. The van der Waals surface area contributed by atoms with E-state index >= 15 is 0 Å². The van der Waals surface area contributed by atoms with Crippen molar-refractivity contribution >= 4 is 5.69 Å². The van der Waals surface area contributed by atoms with Crippen molar-refractivity contribution in [1.29, 1.82) is 5.26 Å². The van der Waals surface area contributed by atoms with Gasteiger partial charge in [-0.2, -0.15) is 5.26 Å². The maximum absolute atomic E-state index is 13.8. The molecule has 102 valence electrons. The first-order valence-corrected chi connectivity index (χ1v) is 6.98. The summed E-state index contributed by atoms with van der Waals surface area (Å²) in [6, 6.07) is 5.44. The third-order valence-electron chi connectivity index (χ3n) is 4.27. The average Bonchev–Trinajstić information content (AvgIpc) is 2.38. The highest BCUT2D eigenvalue weighted by molar-refractivity contribution is 5.56. The molecule has 0 amide bonds. The number of rotatable bonds is 2. The molecular formula is C16H21FN2. The lowest BCUT2D eigenvalue weighted by molar-refractivity contribution is 0.280. The Morgan fingerprint density at radius 1 is 1.32 bits per heavy atom. The Hall–Kier alpha value is -1.56. The highest BCUT2D eigenvalue weighted by atomic mass is 19.1. The lowest BCUT2D eigenvalue weighted by Gasteiger charge is -2.34. The second-order valence-corrected chi connectivity index (χ2v) is 5.89. The van der Waals surface area contributed by atoms with Crippen LogP contribution in [0.4, 0.5) is 10.1 Å². The van der Waals surface area contributed by atoms with Crippen LogP contribution in [0.2, 0.25) is 0 Å². The van der Waals surface area contributed by atoms with Crippen molar-refractivity contribution in [3.05, 3.63) is 29.1 Å². The maximum atomic E-state index is 13.8. The number of halogens is 1. The zero-order valence-corrected chi connectivity index (χ0v) is 11.8. The van der Waals surface area contributed by atoms with Crippen molar-refractivity contribution in [3.8, 4) is 6.07 Å². The van der Waals surface area contributed by atoms with Crippen LogP contribution in [-0.2, 0) is 0 Å². The van der Waals surface area contributed by atoms with Crippen LogP contribution in [0.5, 0.6) is 0 Å². The molecular weight excluding hydrogens is 239 g/mol.